The van der Waals surface area contributed by atoms with E-state index in [1.54, 1.807) is 0 Å². The first kappa shape index (κ1) is 12.4. The summed E-state index contributed by atoms with van der Waals surface area (Å²) >= 11 is 0. The van der Waals surface area contributed by atoms with E-state index in [0.29, 0.717) is 11.6 Å². The third kappa shape index (κ3) is 3.21. The lowest BCUT2D eigenvalue weighted by Gasteiger charge is -2.29. The van der Waals surface area contributed by atoms with E-state index in [4.69, 9.17) is 4.74 Å². The van der Waals surface area contributed by atoms with Gasteiger partial charge in [0.15, 0.2) is 0 Å². The lowest BCUT2D eigenvalue weighted by molar-refractivity contribution is 0.0992. The lowest BCUT2D eigenvalue weighted by Crippen LogP contribution is -2.39. The fourth-order valence-corrected chi connectivity index (χ4v) is 3.44. The fourth-order valence-electron chi connectivity index (χ4n) is 3.44. The molecule has 16 heavy (non-hydrogen) atoms. The summed E-state index contributed by atoms with van der Waals surface area (Å²) in [5.41, 5.74) is 0.493. The van der Waals surface area contributed by atoms with Gasteiger partial charge in [-0.2, -0.15) is 0 Å². The zero-order chi connectivity index (χ0) is 11.3. The van der Waals surface area contributed by atoms with Gasteiger partial charge in [-0.3, -0.25) is 0 Å². The van der Waals surface area contributed by atoms with Crippen molar-refractivity contribution in [2.75, 3.05) is 13.2 Å². The van der Waals surface area contributed by atoms with Crippen molar-refractivity contribution in [1.82, 2.24) is 5.32 Å². The summed E-state index contributed by atoms with van der Waals surface area (Å²) in [4.78, 5) is 0. The van der Waals surface area contributed by atoms with Crippen molar-refractivity contribution in [3.63, 3.8) is 0 Å². The minimum absolute atomic E-state index is 0.493. The van der Waals surface area contributed by atoms with Crippen molar-refractivity contribution in [3.8, 4) is 0 Å². The molecule has 0 amide bonds. The van der Waals surface area contributed by atoms with Crippen LogP contribution < -0.4 is 5.32 Å². The van der Waals surface area contributed by atoms with Crippen LogP contribution in [0.25, 0.3) is 0 Å². The van der Waals surface area contributed by atoms with Gasteiger partial charge < -0.3 is 10.1 Å². The third-order valence-corrected chi connectivity index (χ3v) is 4.27. The molecule has 1 N–H and O–H groups in total. The van der Waals surface area contributed by atoms with E-state index in [0.717, 1.165) is 6.61 Å². The van der Waals surface area contributed by atoms with E-state index in [1.165, 1.54) is 64.3 Å². The molecule has 2 aliphatic heterocycles. The molecule has 0 saturated carbocycles. The first-order valence-electron chi connectivity index (χ1n) is 7.21. The standard InChI is InChI=1S/C14H27NO/c1-2-8-14(10-5-11-15-14)9-3-6-13-7-4-12-16-13/h13,15H,2-12H2,1H3. The second kappa shape index (κ2) is 6.02. The van der Waals surface area contributed by atoms with Crippen LogP contribution in [0.15, 0.2) is 0 Å². The van der Waals surface area contributed by atoms with E-state index in [9.17, 15) is 0 Å². The molecule has 0 aromatic carbocycles. The highest BCUT2D eigenvalue weighted by Crippen LogP contribution is 2.31. The smallest absolute Gasteiger partial charge is 0.0576 e. The van der Waals surface area contributed by atoms with Crippen LogP contribution in [0.5, 0.6) is 0 Å². The summed E-state index contributed by atoms with van der Waals surface area (Å²) < 4.78 is 5.69. The minimum Gasteiger partial charge on any atom is -0.378 e. The highest BCUT2D eigenvalue weighted by Gasteiger charge is 2.31. The second-order valence-electron chi connectivity index (χ2n) is 5.59. The van der Waals surface area contributed by atoms with Gasteiger partial charge in [0.05, 0.1) is 6.10 Å². The van der Waals surface area contributed by atoms with Crippen LogP contribution in [0.4, 0.5) is 0 Å². The Morgan fingerprint density at radius 2 is 2.25 bits per heavy atom. The normalized spacial score (nSPS) is 34.7. The Labute approximate surface area is 100 Å². The van der Waals surface area contributed by atoms with E-state index in [1.807, 2.05) is 0 Å². The molecule has 0 radical (unpaired) electrons. The molecule has 2 nitrogen and oxygen atoms in total. The summed E-state index contributed by atoms with van der Waals surface area (Å²) in [5, 5.41) is 3.76. The predicted octanol–water partition coefficient (Wildman–Crippen LogP) is 3.26. The molecule has 2 aliphatic rings. The van der Waals surface area contributed by atoms with Crippen molar-refractivity contribution in [2.24, 2.45) is 0 Å². The van der Waals surface area contributed by atoms with Gasteiger partial charge in [-0.05, 0) is 57.9 Å². The van der Waals surface area contributed by atoms with E-state index in [2.05, 4.69) is 12.2 Å². The van der Waals surface area contributed by atoms with Crippen molar-refractivity contribution in [3.05, 3.63) is 0 Å². The summed E-state index contributed by atoms with van der Waals surface area (Å²) in [5.74, 6) is 0. The Kier molecular flexibility index (Phi) is 4.66. The zero-order valence-corrected chi connectivity index (χ0v) is 10.8. The van der Waals surface area contributed by atoms with Crippen molar-refractivity contribution < 1.29 is 4.74 Å². The predicted molar refractivity (Wildman–Crippen MR) is 67.7 cm³/mol. The highest BCUT2D eigenvalue weighted by molar-refractivity contribution is 4.92. The molecule has 0 spiro atoms. The van der Waals surface area contributed by atoms with Crippen LogP contribution >= 0.6 is 0 Å². The molecule has 2 fully saturated rings. The van der Waals surface area contributed by atoms with E-state index < -0.39 is 0 Å². The molecule has 2 heteroatoms. The summed E-state index contributed by atoms with van der Waals surface area (Å²) in [6.45, 7) is 4.55. The fraction of sp³-hybridized carbons (Fsp3) is 1.00. The number of hydrogen-bond donors (Lipinski definition) is 1. The van der Waals surface area contributed by atoms with Crippen molar-refractivity contribution in [1.29, 1.82) is 0 Å². The van der Waals surface area contributed by atoms with Gasteiger partial charge in [-0.15, -0.1) is 0 Å². The summed E-state index contributed by atoms with van der Waals surface area (Å²) in [6, 6.07) is 0. The van der Waals surface area contributed by atoms with Crippen LogP contribution in [0, 0.1) is 0 Å². The number of nitrogens with one attached hydrogen (secondary N) is 1. The van der Waals surface area contributed by atoms with Gasteiger partial charge in [-0.25, -0.2) is 0 Å². The van der Waals surface area contributed by atoms with Crippen molar-refractivity contribution in [2.45, 2.75) is 76.4 Å². The number of hydrogen-bond acceptors (Lipinski definition) is 2. The van der Waals surface area contributed by atoms with E-state index in [-0.39, 0.29) is 0 Å². The van der Waals surface area contributed by atoms with Crippen LogP contribution in [-0.4, -0.2) is 24.8 Å². The Bertz CT molecular complexity index is 193. The molecule has 2 unspecified atom stereocenters. The quantitative estimate of drug-likeness (QED) is 0.749. The maximum Gasteiger partial charge on any atom is 0.0576 e. The van der Waals surface area contributed by atoms with Crippen LogP contribution in [0.1, 0.15) is 64.7 Å². The van der Waals surface area contributed by atoms with Crippen LogP contribution in [0.2, 0.25) is 0 Å². The average Bonchev–Trinajstić information content (AvgIpc) is 2.90. The molecule has 0 bridgehead atoms. The summed E-state index contributed by atoms with van der Waals surface area (Å²) in [6.07, 6.45) is 12.6. The molecule has 0 aliphatic carbocycles. The number of ether oxygens (including phenoxy) is 1. The monoisotopic (exact) mass is 225 g/mol. The van der Waals surface area contributed by atoms with Crippen LogP contribution in [0.3, 0.4) is 0 Å². The molecule has 0 aromatic heterocycles. The zero-order valence-electron chi connectivity index (χ0n) is 10.8. The Balaban J connectivity index is 1.69. The largest absolute Gasteiger partial charge is 0.378 e. The van der Waals surface area contributed by atoms with Gasteiger partial charge in [0.25, 0.3) is 0 Å². The summed E-state index contributed by atoms with van der Waals surface area (Å²) in [7, 11) is 0. The lowest BCUT2D eigenvalue weighted by atomic mass is 9.86. The molecule has 0 aromatic rings. The van der Waals surface area contributed by atoms with Gasteiger partial charge in [0, 0.05) is 12.1 Å². The SMILES string of the molecule is CCCC1(CCCC2CCCO2)CCCN1. The maximum atomic E-state index is 5.69. The average molecular weight is 225 g/mol. The number of rotatable bonds is 6. The Hall–Kier alpha value is -0.0800. The molecule has 2 atom stereocenters. The molecular weight excluding hydrogens is 198 g/mol. The molecule has 2 heterocycles. The second-order valence-corrected chi connectivity index (χ2v) is 5.59. The first-order chi connectivity index (χ1) is 7.85. The molecule has 2 rings (SSSR count). The molecular formula is C14H27NO. The minimum atomic E-state index is 0.493. The van der Waals surface area contributed by atoms with E-state index >= 15 is 0 Å². The maximum absolute atomic E-state index is 5.69. The highest BCUT2D eigenvalue weighted by atomic mass is 16.5. The third-order valence-electron chi connectivity index (χ3n) is 4.27. The molecule has 94 valence electrons. The van der Waals surface area contributed by atoms with Crippen molar-refractivity contribution >= 4 is 0 Å². The van der Waals surface area contributed by atoms with Gasteiger partial charge in [-0.1, -0.05) is 13.3 Å². The first-order valence-corrected chi connectivity index (χ1v) is 7.21. The van der Waals surface area contributed by atoms with Gasteiger partial charge in [0.2, 0.25) is 0 Å². The topological polar surface area (TPSA) is 21.3 Å². The van der Waals surface area contributed by atoms with Crippen LogP contribution in [-0.2, 0) is 4.74 Å². The Morgan fingerprint density at radius 3 is 2.88 bits per heavy atom. The van der Waals surface area contributed by atoms with Gasteiger partial charge in [0.1, 0.15) is 0 Å². The Morgan fingerprint density at radius 1 is 1.31 bits per heavy atom. The molecule has 2 saturated heterocycles. The van der Waals surface area contributed by atoms with Gasteiger partial charge >= 0.3 is 0 Å².